The van der Waals surface area contributed by atoms with Gasteiger partial charge >= 0.3 is 6.18 Å². The van der Waals surface area contributed by atoms with E-state index in [2.05, 4.69) is 15.5 Å². The van der Waals surface area contributed by atoms with E-state index in [9.17, 15) is 26.4 Å². The van der Waals surface area contributed by atoms with Crippen molar-refractivity contribution in [3.05, 3.63) is 29.8 Å². The molecular weight excluding hydrogens is 393 g/mol. The zero-order chi connectivity index (χ0) is 19.8. The highest BCUT2D eigenvalue weighted by atomic mass is 32.2. The Morgan fingerprint density at radius 3 is 2.38 bits per heavy atom. The first kappa shape index (κ1) is 20.1. The summed E-state index contributed by atoms with van der Waals surface area (Å²) in [4.78, 5) is 11.9. The number of sulfonamides is 1. The van der Waals surface area contributed by atoms with Crippen LogP contribution in [0.2, 0.25) is 0 Å². The molecule has 0 unspecified atom stereocenters. The quantitative estimate of drug-likeness (QED) is 0.756. The Balaban J connectivity index is 2.20. The maximum absolute atomic E-state index is 12.7. The number of hydrogen-bond acceptors (Lipinski definition) is 6. The molecule has 0 fully saturated rings. The summed E-state index contributed by atoms with van der Waals surface area (Å²) in [6.45, 7) is 4.99. The van der Waals surface area contributed by atoms with Gasteiger partial charge in [0, 0.05) is 11.1 Å². The van der Waals surface area contributed by atoms with Crippen molar-refractivity contribution in [1.29, 1.82) is 0 Å². The largest absolute Gasteiger partial charge is 0.416 e. The molecule has 2 aromatic rings. The molecule has 7 nitrogen and oxygen atoms in total. The van der Waals surface area contributed by atoms with Crippen LogP contribution in [0.3, 0.4) is 0 Å². The van der Waals surface area contributed by atoms with Crippen LogP contribution in [0.1, 0.15) is 26.3 Å². The van der Waals surface area contributed by atoms with Gasteiger partial charge in [-0.25, -0.2) is 0 Å². The summed E-state index contributed by atoms with van der Waals surface area (Å²) < 4.78 is 64.2. The summed E-state index contributed by atoms with van der Waals surface area (Å²) in [5.41, 5.74) is -1.98. The van der Waals surface area contributed by atoms with Gasteiger partial charge in [0.1, 0.15) is 0 Å². The Bertz CT molecular complexity index is 918. The minimum absolute atomic E-state index is 0.0330. The van der Waals surface area contributed by atoms with Crippen LogP contribution in [0, 0.1) is 5.41 Å². The highest BCUT2D eigenvalue weighted by Gasteiger charge is 2.31. The first-order chi connectivity index (χ1) is 11.8. The number of nitrogens with one attached hydrogen (secondary N) is 2. The van der Waals surface area contributed by atoms with E-state index >= 15 is 0 Å². The molecule has 26 heavy (non-hydrogen) atoms. The fourth-order valence-electron chi connectivity index (χ4n) is 1.61. The molecule has 0 saturated heterocycles. The topological polar surface area (TPSA) is 101 Å². The molecule has 0 bridgehead atoms. The van der Waals surface area contributed by atoms with Crippen molar-refractivity contribution in [2.24, 2.45) is 5.41 Å². The number of alkyl halides is 3. The average Bonchev–Trinajstić information content (AvgIpc) is 2.94. The third-order valence-corrected chi connectivity index (χ3v) is 5.57. The fraction of sp³-hybridized carbons (Fsp3) is 0.357. The first-order valence-corrected chi connectivity index (χ1v) is 9.44. The maximum Gasteiger partial charge on any atom is 0.416 e. The van der Waals surface area contributed by atoms with Crippen LogP contribution >= 0.6 is 11.3 Å². The number of carbonyl (C=O) groups excluding carboxylic acids is 1. The van der Waals surface area contributed by atoms with E-state index in [0.717, 1.165) is 12.1 Å². The molecule has 1 heterocycles. The second kappa shape index (κ2) is 6.83. The number of rotatable bonds is 4. The van der Waals surface area contributed by atoms with E-state index < -0.39 is 31.5 Å². The molecule has 1 amide bonds. The molecule has 1 aromatic heterocycles. The molecule has 0 saturated carbocycles. The van der Waals surface area contributed by atoms with E-state index in [-0.39, 0.29) is 16.7 Å². The molecule has 0 aliphatic carbocycles. The number of benzene rings is 1. The smallest absolute Gasteiger partial charge is 0.300 e. The average molecular weight is 408 g/mol. The monoisotopic (exact) mass is 408 g/mol. The Labute approximate surface area is 151 Å². The Morgan fingerprint density at radius 1 is 1.15 bits per heavy atom. The molecule has 12 heteroatoms. The van der Waals surface area contributed by atoms with Gasteiger partial charge in [0.25, 0.3) is 14.4 Å². The van der Waals surface area contributed by atoms with Crippen LogP contribution < -0.4 is 10.0 Å². The molecule has 2 N–H and O–H groups in total. The molecule has 142 valence electrons. The predicted octanol–water partition coefficient (Wildman–Crippen LogP) is 3.34. The van der Waals surface area contributed by atoms with E-state index in [0.29, 0.717) is 17.4 Å². The summed E-state index contributed by atoms with van der Waals surface area (Å²) in [5.74, 6) is -0.386. The van der Waals surface area contributed by atoms with Crippen LogP contribution in [0.25, 0.3) is 0 Å². The zero-order valence-electron chi connectivity index (χ0n) is 13.9. The summed E-state index contributed by atoms with van der Waals surface area (Å²) in [6.07, 6.45) is -4.60. The van der Waals surface area contributed by atoms with Gasteiger partial charge in [-0.05, 0) is 18.2 Å². The number of nitrogens with zero attached hydrogens (tertiary/aromatic N) is 2. The van der Waals surface area contributed by atoms with Gasteiger partial charge in [0.2, 0.25) is 11.0 Å². The number of hydrogen-bond donors (Lipinski definition) is 2. The number of anilines is 2. The van der Waals surface area contributed by atoms with E-state index in [1.54, 1.807) is 20.8 Å². The van der Waals surface area contributed by atoms with E-state index in [4.69, 9.17) is 0 Å². The van der Waals surface area contributed by atoms with Crippen molar-refractivity contribution >= 4 is 38.1 Å². The van der Waals surface area contributed by atoms with Crippen molar-refractivity contribution in [1.82, 2.24) is 10.2 Å². The SMILES string of the molecule is CC(C)(C)C(=O)Nc1nnc(S(=O)(=O)Nc2cccc(C(F)(F)F)c2)s1. The van der Waals surface area contributed by atoms with Gasteiger partial charge in [-0.3, -0.25) is 9.52 Å². The zero-order valence-corrected chi connectivity index (χ0v) is 15.5. The Kier molecular flexibility index (Phi) is 5.29. The molecular formula is C14H15F3N4O3S2. The first-order valence-electron chi connectivity index (χ1n) is 7.14. The summed E-state index contributed by atoms with van der Waals surface area (Å²) in [6, 6.07) is 3.75. The normalized spacial score (nSPS) is 12.7. The van der Waals surface area contributed by atoms with Crippen molar-refractivity contribution in [2.75, 3.05) is 10.0 Å². The van der Waals surface area contributed by atoms with Gasteiger partial charge in [-0.2, -0.15) is 21.6 Å². The van der Waals surface area contributed by atoms with Crippen molar-refractivity contribution in [3.8, 4) is 0 Å². The highest BCUT2D eigenvalue weighted by Crippen LogP contribution is 2.31. The standard InChI is InChI=1S/C14H15F3N4O3S2/c1-13(2,3)10(22)18-11-19-20-12(25-11)26(23,24)21-9-6-4-5-8(7-9)14(15,16)17/h4-7,21H,1-3H3,(H,18,19,22). The van der Waals surface area contributed by atoms with Crippen LogP contribution in [0.15, 0.2) is 28.6 Å². The summed E-state index contributed by atoms with van der Waals surface area (Å²) >= 11 is 0.586. The van der Waals surface area contributed by atoms with Gasteiger partial charge in [-0.15, -0.1) is 10.2 Å². The summed E-state index contributed by atoms with van der Waals surface area (Å²) in [7, 11) is -4.25. The highest BCUT2D eigenvalue weighted by molar-refractivity contribution is 7.94. The van der Waals surface area contributed by atoms with E-state index in [1.165, 1.54) is 6.07 Å². The van der Waals surface area contributed by atoms with Crippen LogP contribution in [-0.4, -0.2) is 24.5 Å². The van der Waals surface area contributed by atoms with Crippen LogP contribution in [0.5, 0.6) is 0 Å². The molecule has 0 aliphatic rings. The lowest BCUT2D eigenvalue weighted by Gasteiger charge is -2.15. The third kappa shape index (κ3) is 4.91. The van der Waals surface area contributed by atoms with Crippen LogP contribution in [0.4, 0.5) is 24.0 Å². The predicted molar refractivity (Wildman–Crippen MR) is 90.2 cm³/mol. The van der Waals surface area contributed by atoms with Gasteiger partial charge in [0.05, 0.1) is 5.56 Å². The fourth-order valence-corrected chi connectivity index (χ4v) is 3.56. The number of carbonyl (C=O) groups is 1. The van der Waals surface area contributed by atoms with E-state index in [1.807, 2.05) is 4.72 Å². The molecule has 0 atom stereocenters. The van der Waals surface area contributed by atoms with Gasteiger partial charge < -0.3 is 5.32 Å². The number of amides is 1. The Morgan fingerprint density at radius 2 is 1.81 bits per heavy atom. The lowest BCUT2D eigenvalue weighted by atomic mass is 9.96. The Hall–Kier alpha value is -2.21. The maximum atomic E-state index is 12.7. The molecule has 0 aliphatic heterocycles. The lowest BCUT2D eigenvalue weighted by Crippen LogP contribution is -2.27. The third-order valence-electron chi connectivity index (χ3n) is 2.98. The molecule has 0 radical (unpaired) electrons. The van der Waals surface area contributed by atoms with Crippen molar-refractivity contribution in [2.45, 2.75) is 31.3 Å². The lowest BCUT2D eigenvalue weighted by molar-refractivity contribution is -0.137. The number of aromatic nitrogens is 2. The second-order valence-corrected chi connectivity index (χ2v) is 9.09. The molecule has 2 rings (SSSR count). The van der Waals surface area contributed by atoms with Gasteiger partial charge in [-0.1, -0.05) is 38.2 Å². The molecule has 1 aromatic carbocycles. The second-order valence-electron chi connectivity index (χ2n) is 6.26. The minimum atomic E-state index is -4.60. The summed E-state index contributed by atoms with van der Waals surface area (Å²) in [5, 5.41) is 9.44. The van der Waals surface area contributed by atoms with Crippen molar-refractivity contribution < 1.29 is 26.4 Å². The van der Waals surface area contributed by atoms with Crippen molar-refractivity contribution in [3.63, 3.8) is 0 Å². The van der Waals surface area contributed by atoms with Crippen LogP contribution in [-0.2, 0) is 21.0 Å². The minimum Gasteiger partial charge on any atom is -0.300 e. The van der Waals surface area contributed by atoms with Gasteiger partial charge in [0.15, 0.2) is 0 Å². The molecule has 0 spiro atoms. The number of halogens is 3.